The highest BCUT2D eigenvalue weighted by Crippen LogP contribution is 2.32. The van der Waals surface area contributed by atoms with Gasteiger partial charge in [-0.05, 0) is 35.9 Å². The summed E-state index contributed by atoms with van der Waals surface area (Å²) in [5, 5.41) is 3.99. The highest BCUT2D eigenvalue weighted by molar-refractivity contribution is 8.00. The van der Waals surface area contributed by atoms with Gasteiger partial charge in [-0.15, -0.1) is 11.8 Å². The summed E-state index contributed by atoms with van der Waals surface area (Å²) in [6.07, 6.45) is 0. The number of thioether (sulfide) groups is 1. The fourth-order valence-corrected chi connectivity index (χ4v) is 3.36. The molecule has 0 saturated heterocycles. The second kappa shape index (κ2) is 7.34. The lowest BCUT2D eigenvalue weighted by Crippen LogP contribution is -2.24. The number of nitrogens with one attached hydrogen (secondary N) is 1. The van der Waals surface area contributed by atoms with Crippen molar-refractivity contribution in [3.8, 4) is 11.5 Å². The Morgan fingerprint density at radius 3 is 2.78 bits per heavy atom. The molecule has 0 unspecified atom stereocenters. The van der Waals surface area contributed by atoms with Crippen molar-refractivity contribution in [3.63, 3.8) is 0 Å². The number of carbonyl (C=O) groups excluding carboxylic acids is 1. The maximum atomic E-state index is 11.9. The van der Waals surface area contributed by atoms with E-state index in [2.05, 4.69) is 5.32 Å². The number of amides is 1. The van der Waals surface area contributed by atoms with Gasteiger partial charge in [-0.2, -0.15) is 0 Å². The number of carbonyl (C=O) groups is 1. The Kier molecular flexibility index (Phi) is 5.20. The molecule has 1 N–H and O–H groups in total. The summed E-state index contributed by atoms with van der Waals surface area (Å²) in [5.74, 6) is 1.65. The van der Waals surface area contributed by atoms with Gasteiger partial charge in [0.2, 0.25) is 12.7 Å². The second-order valence-electron chi connectivity index (χ2n) is 4.83. The summed E-state index contributed by atoms with van der Waals surface area (Å²) >= 11 is 13.3. The van der Waals surface area contributed by atoms with E-state index in [0.717, 1.165) is 16.2 Å². The van der Waals surface area contributed by atoms with Crippen molar-refractivity contribution in [2.75, 3.05) is 12.5 Å². The molecule has 2 aromatic rings. The quantitative estimate of drug-likeness (QED) is 0.804. The van der Waals surface area contributed by atoms with E-state index >= 15 is 0 Å². The minimum Gasteiger partial charge on any atom is -0.454 e. The van der Waals surface area contributed by atoms with Gasteiger partial charge in [0.1, 0.15) is 0 Å². The Morgan fingerprint density at radius 2 is 1.96 bits per heavy atom. The third kappa shape index (κ3) is 4.25. The van der Waals surface area contributed by atoms with E-state index in [1.54, 1.807) is 18.2 Å². The molecular weight excluding hydrogens is 357 g/mol. The molecule has 120 valence electrons. The Morgan fingerprint density at radius 1 is 1.13 bits per heavy atom. The average Bonchev–Trinajstić information content (AvgIpc) is 2.99. The van der Waals surface area contributed by atoms with Crippen molar-refractivity contribution >= 4 is 40.9 Å². The first kappa shape index (κ1) is 16.3. The maximum Gasteiger partial charge on any atom is 0.231 e. The number of hydrogen-bond acceptors (Lipinski definition) is 4. The fraction of sp³-hybridized carbons (Fsp3) is 0.188. The van der Waals surface area contributed by atoms with Gasteiger partial charge in [-0.25, -0.2) is 0 Å². The van der Waals surface area contributed by atoms with Gasteiger partial charge in [-0.1, -0.05) is 29.3 Å². The molecule has 23 heavy (non-hydrogen) atoms. The monoisotopic (exact) mass is 369 g/mol. The normalized spacial score (nSPS) is 12.3. The zero-order chi connectivity index (χ0) is 16.2. The standard InChI is InChI=1S/C16H13Cl2NO3S/c17-11-2-4-15(12(18)6-11)23-8-16(20)19-7-10-1-3-13-14(5-10)22-9-21-13/h1-6H,7-9H2,(H,19,20). The number of ether oxygens (including phenoxy) is 2. The average molecular weight is 370 g/mol. The van der Waals surface area contributed by atoms with E-state index < -0.39 is 0 Å². The van der Waals surface area contributed by atoms with Crippen LogP contribution in [0.2, 0.25) is 10.0 Å². The molecule has 0 aromatic heterocycles. The molecule has 0 bridgehead atoms. The minimum absolute atomic E-state index is 0.0707. The van der Waals surface area contributed by atoms with E-state index in [4.69, 9.17) is 32.7 Å². The Bertz CT molecular complexity index is 739. The molecule has 7 heteroatoms. The summed E-state index contributed by atoms with van der Waals surface area (Å²) in [5.41, 5.74) is 0.956. The molecule has 1 heterocycles. The molecule has 2 aromatic carbocycles. The van der Waals surface area contributed by atoms with Crippen molar-refractivity contribution in [1.82, 2.24) is 5.32 Å². The van der Waals surface area contributed by atoms with Crippen molar-refractivity contribution in [3.05, 3.63) is 52.0 Å². The first-order valence-electron chi connectivity index (χ1n) is 6.85. The molecule has 1 amide bonds. The molecule has 0 fully saturated rings. The summed E-state index contributed by atoms with van der Waals surface area (Å²) in [6, 6.07) is 10.8. The van der Waals surface area contributed by atoms with Gasteiger partial charge in [0.25, 0.3) is 0 Å². The molecule has 1 aliphatic rings. The molecule has 0 atom stereocenters. The molecule has 3 rings (SSSR count). The first-order chi connectivity index (χ1) is 11.1. The lowest BCUT2D eigenvalue weighted by molar-refractivity contribution is -0.118. The topological polar surface area (TPSA) is 47.6 Å². The van der Waals surface area contributed by atoms with Crippen LogP contribution in [0.15, 0.2) is 41.3 Å². The van der Waals surface area contributed by atoms with Gasteiger partial charge >= 0.3 is 0 Å². The van der Waals surface area contributed by atoms with Crippen LogP contribution in [0.25, 0.3) is 0 Å². The van der Waals surface area contributed by atoms with Gasteiger partial charge in [0.15, 0.2) is 11.5 Å². The van der Waals surface area contributed by atoms with Crippen LogP contribution in [0.5, 0.6) is 11.5 Å². The summed E-state index contributed by atoms with van der Waals surface area (Å²) in [6.45, 7) is 0.675. The third-order valence-corrected chi connectivity index (χ3v) is 4.91. The molecule has 0 saturated carbocycles. The molecule has 0 spiro atoms. The molecule has 0 radical (unpaired) electrons. The summed E-state index contributed by atoms with van der Waals surface area (Å²) in [7, 11) is 0. The van der Waals surface area contributed by atoms with Crippen LogP contribution in [0.1, 0.15) is 5.56 Å². The van der Waals surface area contributed by atoms with Crippen molar-refractivity contribution in [2.24, 2.45) is 0 Å². The Hall–Kier alpha value is -1.56. The van der Waals surface area contributed by atoms with Crippen LogP contribution in [-0.4, -0.2) is 18.5 Å². The Labute approximate surface area is 148 Å². The van der Waals surface area contributed by atoms with E-state index in [1.165, 1.54) is 11.8 Å². The predicted molar refractivity (Wildman–Crippen MR) is 91.6 cm³/mol. The lowest BCUT2D eigenvalue weighted by atomic mass is 10.2. The van der Waals surface area contributed by atoms with E-state index in [1.807, 2.05) is 18.2 Å². The van der Waals surface area contributed by atoms with Crippen LogP contribution in [0.3, 0.4) is 0 Å². The fourth-order valence-electron chi connectivity index (χ4n) is 2.04. The van der Waals surface area contributed by atoms with Gasteiger partial charge < -0.3 is 14.8 Å². The largest absolute Gasteiger partial charge is 0.454 e. The highest BCUT2D eigenvalue weighted by Gasteiger charge is 2.13. The van der Waals surface area contributed by atoms with Crippen molar-refractivity contribution in [2.45, 2.75) is 11.4 Å². The van der Waals surface area contributed by atoms with Crippen LogP contribution in [-0.2, 0) is 11.3 Å². The van der Waals surface area contributed by atoms with E-state index in [-0.39, 0.29) is 18.5 Å². The van der Waals surface area contributed by atoms with Crippen LogP contribution in [0.4, 0.5) is 0 Å². The highest BCUT2D eigenvalue weighted by atomic mass is 35.5. The molecule has 4 nitrogen and oxygen atoms in total. The first-order valence-corrected chi connectivity index (χ1v) is 8.59. The molecular formula is C16H13Cl2NO3S. The zero-order valence-electron chi connectivity index (χ0n) is 12.0. The number of benzene rings is 2. The van der Waals surface area contributed by atoms with E-state index in [0.29, 0.717) is 22.3 Å². The lowest BCUT2D eigenvalue weighted by Gasteiger charge is -2.07. The van der Waals surface area contributed by atoms with Gasteiger partial charge in [0, 0.05) is 16.5 Å². The maximum absolute atomic E-state index is 11.9. The number of rotatable bonds is 5. The van der Waals surface area contributed by atoms with Crippen LogP contribution in [0, 0.1) is 0 Å². The van der Waals surface area contributed by atoms with Gasteiger partial charge in [-0.3, -0.25) is 4.79 Å². The van der Waals surface area contributed by atoms with Crippen LogP contribution < -0.4 is 14.8 Å². The third-order valence-electron chi connectivity index (χ3n) is 3.18. The minimum atomic E-state index is -0.0707. The molecule has 0 aliphatic carbocycles. The van der Waals surface area contributed by atoms with E-state index in [9.17, 15) is 4.79 Å². The smallest absolute Gasteiger partial charge is 0.231 e. The summed E-state index contributed by atoms with van der Waals surface area (Å²) in [4.78, 5) is 12.8. The van der Waals surface area contributed by atoms with Crippen molar-refractivity contribution < 1.29 is 14.3 Å². The molecule has 1 aliphatic heterocycles. The second-order valence-corrected chi connectivity index (χ2v) is 6.69. The van der Waals surface area contributed by atoms with Crippen molar-refractivity contribution in [1.29, 1.82) is 0 Å². The van der Waals surface area contributed by atoms with Gasteiger partial charge in [0.05, 0.1) is 10.8 Å². The Balaban J connectivity index is 1.50. The number of halogens is 2. The predicted octanol–water partition coefficient (Wildman–Crippen LogP) is 4.13. The van der Waals surface area contributed by atoms with Crippen LogP contribution >= 0.6 is 35.0 Å². The number of hydrogen-bond donors (Lipinski definition) is 1. The summed E-state index contributed by atoms with van der Waals surface area (Å²) < 4.78 is 10.6. The SMILES string of the molecule is O=C(CSc1ccc(Cl)cc1Cl)NCc1ccc2c(c1)OCO2. The zero-order valence-corrected chi connectivity index (χ0v) is 14.3. The number of fused-ring (bicyclic) bond motifs is 1.